The maximum atomic E-state index is 13.0. The number of carbonyl (C=O) groups excluding carboxylic acids is 1. The van der Waals surface area contributed by atoms with Crippen molar-refractivity contribution in [2.24, 2.45) is 0 Å². The molecule has 0 unspecified atom stereocenters. The molecule has 1 heterocycles. The number of nitrogens with one attached hydrogen (secondary N) is 1. The van der Waals surface area contributed by atoms with Gasteiger partial charge in [-0.05, 0) is 12.8 Å². The largest absolute Gasteiger partial charge is 0.394 e. The molecule has 0 bridgehead atoms. The Hall–Kier alpha value is -0.890. The maximum Gasteiger partial charge on any atom is 0.249 e. The van der Waals surface area contributed by atoms with Gasteiger partial charge in [-0.1, -0.05) is 194 Å². The Morgan fingerprint density at radius 2 is 0.945 bits per heavy atom. The predicted molar refractivity (Wildman–Crippen MR) is 220 cm³/mol. The van der Waals surface area contributed by atoms with Gasteiger partial charge in [0.1, 0.15) is 36.6 Å². The van der Waals surface area contributed by atoms with Gasteiger partial charge in [-0.25, -0.2) is 0 Å². The van der Waals surface area contributed by atoms with E-state index in [2.05, 4.69) is 19.2 Å². The molecule has 11 heteroatoms. The highest BCUT2D eigenvalue weighted by Crippen LogP contribution is 2.23. The number of carbonyl (C=O) groups is 1. The smallest absolute Gasteiger partial charge is 0.249 e. The lowest BCUT2D eigenvalue weighted by Crippen LogP contribution is -2.60. The van der Waals surface area contributed by atoms with Crippen LogP contribution in [0, 0.1) is 0 Å². The summed E-state index contributed by atoms with van der Waals surface area (Å²) in [5.74, 6) is -0.695. The van der Waals surface area contributed by atoms with Gasteiger partial charge in [0.25, 0.3) is 0 Å². The lowest BCUT2D eigenvalue weighted by Gasteiger charge is -2.40. The van der Waals surface area contributed by atoms with E-state index in [0.29, 0.717) is 19.3 Å². The molecule has 0 aromatic rings. The van der Waals surface area contributed by atoms with Gasteiger partial charge in [0.2, 0.25) is 5.91 Å². The van der Waals surface area contributed by atoms with E-state index in [1.807, 2.05) is 0 Å². The van der Waals surface area contributed by atoms with Crippen LogP contribution in [0.25, 0.3) is 0 Å². The third kappa shape index (κ3) is 25.3. The van der Waals surface area contributed by atoms with Crippen molar-refractivity contribution >= 4 is 5.91 Å². The number of rotatable bonds is 38. The molecule has 1 fully saturated rings. The monoisotopic (exact) mass is 790 g/mol. The normalized spacial score (nSPS) is 22.4. The van der Waals surface area contributed by atoms with E-state index in [9.17, 15) is 40.5 Å². The summed E-state index contributed by atoms with van der Waals surface area (Å²) in [6, 6.07) is -1.16. The summed E-state index contributed by atoms with van der Waals surface area (Å²) in [6.45, 7) is 3.44. The molecule has 0 aliphatic carbocycles. The lowest BCUT2D eigenvalue weighted by molar-refractivity contribution is -0.303. The molecule has 0 aromatic carbocycles. The van der Waals surface area contributed by atoms with Gasteiger partial charge in [0.15, 0.2) is 6.29 Å². The SMILES string of the molecule is CCCCCCCCCCCCCCCCCC[C@@H](O)[C@@H](O)[C@H](CO[C@@H]1O[C@H](CO)[C@@H](O)[C@H](O)[C@H]1O)NC(=O)[C@H](O)CCCCCCCCCCCCCC. The average molecular weight is 790 g/mol. The molecule has 1 aliphatic heterocycles. The number of ether oxygens (including phenoxy) is 2. The minimum absolute atomic E-state index is 0.265. The molecule has 9 atom stereocenters. The van der Waals surface area contributed by atoms with Crippen molar-refractivity contribution < 1.29 is 50.0 Å². The van der Waals surface area contributed by atoms with Crippen LogP contribution in [0.5, 0.6) is 0 Å². The van der Waals surface area contributed by atoms with Crippen molar-refractivity contribution in [1.82, 2.24) is 5.32 Å². The zero-order chi connectivity index (χ0) is 40.5. The number of hydrogen-bond donors (Lipinski definition) is 8. The van der Waals surface area contributed by atoms with Gasteiger partial charge in [-0.15, -0.1) is 0 Å². The fraction of sp³-hybridized carbons (Fsp3) is 0.977. The number of aliphatic hydroxyl groups excluding tert-OH is 7. The van der Waals surface area contributed by atoms with E-state index in [-0.39, 0.29) is 6.42 Å². The molecule has 0 radical (unpaired) electrons. The first kappa shape index (κ1) is 52.1. The Morgan fingerprint density at radius 1 is 0.564 bits per heavy atom. The van der Waals surface area contributed by atoms with Crippen molar-refractivity contribution in [3.05, 3.63) is 0 Å². The van der Waals surface area contributed by atoms with Crippen LogP contribution in [-0.2, 0) is 14.3 Å². The molecule has 8 N–H and O–H groups in total. The van der Waals surface area contributed by atoms with E-state index < -0.39 is 74.2 Å². The first-order valence-corrected chi connectivity index (χ1v) is 22.9. The van der Waals surface area contributed by atoms with Crippen molar-refractivity contribution in [2.45, 2.75) is 262 Å². The zero-order valence-corrected chi connectivity index (χ0v) is 35.2. The molecule has 1 rings (SSSR count). The van der Waals surface area contributed by atoms with Gasteiger partial charge in [0, 0.05) is 0 Å². The van der Waals surface area contributed by atoms with Crippen molar-refractivity contribution in [3.63, 3.8) is 0 Å². The Labute approximate surface area is 335 Å². The summed E-state index contributed by atoms with van der Waals surface area (Å²) in [7, 11) is 0. The summed E-state index contributed by atoms with van der Waals surface area (Å²) in [6.07, 6.45) is 22.9. The van der Waals surface area contributed by atoms with E-state index >= 15 is 0 Å². The molecule has 1 saturated heterocycles. The quantitative estimate of drug-likeness (QED) is 0.0300. The Morgan fingerprint density at radius 3 is 1.35 bits per heavy atom. The first-order chi connectivity index (χ1) is 26.7. The minimum atomic E-state index is -1.65. The predicted octanol–water partition coefficient (Wildman–Crippen LogP) is 7.11. The third-order valence-electron chi connectivity index (χ3n) is 11.4. The Balaban J connectivity index is 2.46. The summed E-state index contributed by atoms with van der Waals surface area (Å²) in [5, 5.41) is 75.6. The third-order valence-corrected chi connectivity index (χ3v) is 11.4. The Kier molecular flexibility index (Phi) is 33.3. The van der Waals surface area contributed by atoms with Crippen LogP contribution in [0.4, 0.5) is 0 Å². The fourth-order valence-corrected chi connectivity index (χ4v) is 7.56. The summed E-state index contributed by atoms with van der Waals surface area (Å²) < 4.78 is 11.1. The van der Waals surface area contributed by atoms with E-state index in [0.717, 1.165) is 38.5 Å². The maximum absolute atomic E-state index is 13.0. The van der Waals surface area contributed by atoms with Crippen molar-refractivity contribution in [3.8, 4) is 0 Å². The van der Waals surface area contributed by atoms with Gasteiger partial charge >= 0.3 is 0 Å². The number of aliphatic hydroxyl groups is 7. The van der Waals surface area contributed by atoms with E-state index in [1.54, 1.807) is 0 Å². The standard InChI is InChI=1S/C44H87NO10/c1-3-5-7-9-11-13-15-17-18-19-20-22-23-25-27-29-31-36(47)39(49)35(34-54-44-42(52)41(51)40(50)38(33-46)55-44)45-43(53)37(48)32-30-28-26-24-21-16-14-12-10-8-6-4-2/h35-42,44,46-52H,3-34H2,1-2H3,(H,45,53)/t35-,36+,37+,38+,39-,40+,41-,42+,44+/m0/s1. The fourth-order valence-electron chi connectivity index (χ4n) is 7.56. The highest BCUT2D eigenvalue weighted by molar-refractivity contribution is 5.80. The van der Waals surface area contributed by atoms with E-state index in [4.69, 9.17) is 9.47 Å². The van der Waals surface area contributed by atoms with Crippen molar-refractivity contribution in [2.75, 3.05) is 13.2 Å². The summed E-state index contributed by atoms with van der Waals surface area (Å²) in [4.78, 5) is 13.0. The molecule has 0 spiro atoms. The molecule has 1 aliphatic rings. The molecule has 0 aromatic heterocycles. The molecular weight excluding hydrogens is 702 g/mol. The zero-order valence-electron chi connectivity index (χ0n) is 35.2. The second-order valence-electron chi connectivity index (χ2n) is 16.5. The molecule has 1 amide bonds. The van der Waals surface area contributed by atoms with Crippen LogP contribution >= 0.6 is 0 Å². The average Bonchev–Trinajstić information content (AvgIpc) is 3.18. The van der Waals surface area contributed by atoms with E-state index in [1.165, 1.54) is 128 Å². The molecule has 0 saturated carbocycles. The molecule has 11 nitrogen and oxygen atoms in total. The highest BCUT2D eigenvalue weighted by atomic mass is 16.7. The first-order valence-electron chi connectivity index (χ1n) is 22.9. The van der Waals surface area contributed by atoms with Crippen LogP contribution < -0.4 is 5.32 Å². The summed E-state index contributed by atoms with van der Waals surface area (Å²) >= 11 is 0. The lowest BCUT2D eigenvalue weighted by atomic mass is 9.98. The second kappa shape index (κ2) is 35.1. The van der Waals surface area contributed by atoms with Gasteiger partial charge in [-0.3, -0.25) is 4.79 Å². The number of amides is 1. The topological polar surface area (TPSA) is 189 Å². The highest BCUT2D eigenvalue weighted by Gasteiger charge is 2.44. The molecule has 55 heavy (non-hydrogen) atoms. The molecular formula is C44H87NO10. The Bertz CT molecular complexity index is 866. The van der Waals surface area contributed by atoms with Crippen LogP contribution in [0.2, 0.25) is 0 Å². The van der Waals surface area contributed by atoms with Crippen LogP contribution in [0.3, 0.4) is 0 Å². The van der Waals surface area contributed by atoms with Crippen molar-refractivity contribution in [1.29, 1.82) is 0 Å². The second-order valence-corrected chi connectivity index (χ2v) is 16.5. The number of hydrogen-bond acceptors (Lipinski definition) is 10. The van der Waals surface area contributed by atoms with Crippen LogP contribution in [-0.4, -0.2) is 110 Å². The minimum Gasteiger partial charge on any atom is -0.394 e. The van der Waals surface area contributed by atoms with Gasteiger partial charge in [-0.2, -0.15) is 0 Å². The number of unbranched alkanes of at least 4 members (excludes halogenated alkanes) is 26. The van der Waals surface area contributed by atoms with Crippen LogP contribution in [0.15, 0.2) is 0 Å². The van der Waals surface area contributed by atoms with Crippen LogP contribution in [0.1, 0.15) is 206 Å². The van der Waals surface area contributed by atoms with Gasteiger partial charge < -0.3 is 50.5 Å². The summed E-state index contributed by atoms with van der Waals surface area (Å²) in [5.41, 5.74) is 0. The van der Waals surface area contributed by atoms with Gasteiger partial charge in [0.05, 0.1) is 25.4 Å². The molecule has 328 valence electrons.